The summed E-state index contributed by atoms with van der Waals surface area (Å²) in [7, 11) is 0. The molecule has 3 N–H and O–H groups in total. The number of aliphatic hydroxyl groups is 2. The Balaban J connectivity index is 1.77. The van der Waals surface area contributed by atoms with Crippen LogP contribution in [0.25, 0.3) is 16.5 Å². The summed E-state index contributed by atoms with van der Waals surface area (Å²) in [4.78, 5) is 43.1. The lowest BCUT2D eigenvalue weighted by atomic mass is 9.95. The number of aromatic hydroxyl groups is 1. The van der Waals surface area contributed by atoms with E-state index in [0.29, 0.717) is 5.56 Å². The number of aliphatic hydroxyl groups excluding tert-OH is 2. The molecule has 0 radical (unpaired) electrons. The van der Waals surface area contributed by atoms with Crippen molar-refractivity contribution in [2.75, 3.05) is 6.54 Å². The zero-order valence-electron chi connectivity index (χ0n) is 21.9. The van der Waals surface area contributed by atoms with Gasteiger partial charge in [-0.05, 0) is 62.2 Å². The van der Waals surface area contributed by atoms with Crippen molar-refractivity contribution < 1.29 is 43.9 Å². The van der Waals surface area contributed by atoms with Gasteiger partial charge in [0.2, 0.25) is 12.0 Å². The second-order valence-electron chi connectivity index (χ2n) is 10.2. The maximum Gasteiger partial charge on any atom is 0.374 e. The van der Waals surface area contributed by atoms with Gasteiger partial charge in [0, 0.05) is 4.91 Å². The second-order valence-corrected chi connectivity index (χ2v) is 10.2. The van der Waals surface area contributed by atoms with Gasteiger partial charge in [0.05, 0.1) is 23.8 Å². The van der Waals surface area contributed by atoms with Gasteiger partial charge in [-0.3, -0.25) is 14.5 Å². The van der Waals surface area contributed by atoms with Gasteiger partial charge in [0.15, 0.2) is 0 Å². The highest BCUT2D eigenvalue weighted by Gasteiger charge is 2.54. The molecule has 0 saturated carbocycles. The fraction of sp³-hybridized carbons (Fsp3) is 0.370. The molecule has 210 valence electrons. The topological polar surface area (TPSA) is 192 Å². The number of ether oxygens (including phenoxy) is 3. The third kappa shape index (κ3) is 5.92. The third-order valence-electron chi connectivity index (χ3n) is 6.15. The summed E-state index contributed by atoms with van der Waals surface area (Å²) in [5.74, 6) is -2.89. The first kappa shape index (κ1) is 28.6. The predicted octanol–water partition coefficient (Wildman–Crippen LogP) is 2.51. The molecule has 2 heterocycles. The van der Waals surface area contributed by atoms with Crippen LogP contribution in [0.3, 0.4) is 0 Å². The van der Waals surface area contributed by atoms with Crippen molar-refractivity contribution in [1.82, 2.24) is 4.90 Å². The summed E-state index contributed by atoms with van der Waals surface area (Å²) >= 11 is 0. The number of fused-ring (bicyclic) bond motifs is 1. The van der Waals surface area contributed by atoms with Gasteiger partial charge < -0.3 is 29.5 Å². The molecule has 2 amide bonds. The van der Waals surface area contributed by atoms with Gasteiger partial charge in [-0.25, -0.2) is 4.79 Å². The van der Waals surface area contributed by atoms with E-state index in [-0.39, 0.29) is 16.9 Å². The van der Waals surface area contributed by atoms with E-state index in [1.807, 2.05) is 0 Å². The number of hydrogen-bond acceptors (Lipinski definition) is 10. The molecule has 13 heteroatoms. The molecule has 1 fully saturated rings. The highest BCUT2D eigenvalue weighted by Crippen LogP contribution is 2.34. The minimum atomic E-state index is -1.81. The number of esters is 1. The number of carbonyl (C=O) groups is 3. The Kier molecular flexibility index (Phi) is 8.12. The van der Waals surface area contributed by atoms with Crippen molar-refractivity contribution in [3.63, 3.8) is 0 Å². The van der Waals surface area contributed by atoms with E-state index in [1.165, 1.54) is 42.5 Å². The van der Waals surface area contributed by atoms with Crippen molar-refractivity contribution in [2.24, 2.45) is 5.11 Å². The van der Waals surface area contributed by atoms with Gasteiger partial charge in [-0.2, -0.15) is 0 Å². The first-order chi connectivity index (χ1) is 18.9. The molecule has 2 aromatic carbocycles. The zero-order valence-corrected chi connectivity index (χ0v) is 21.9. The summed E-state index contributed by atoms with van der Waals surface area (Å²) < 4.78 is 17.2. The van der Waals surface area contributed by atoms with Crippen LogP contribution in [0.4, 0.5) is 0 Å². The van der Waals surface area contributed by atoms with Gasteiger partial charge in [-0.1, -0.05) is 29.4 Å². The number of azide groups is 1. The molecule has 0 unspecified atom stereocenters. The van der Waals surface area contributed by atoms with Crippen LogP contribution in [0.1, 0.15) is 47.1 Å². The normalized spacial score (nSPS) is 24.8. The molecule has 2 aliphatic rings. The Bertz CT molecular complexity index is 1340. The number of amides is 2. The number of carbonyl (C=O) groups excluding carboxylic acids is 3. The van der Waals surface area contributed by atoms with Crippen molar-refractivity contribution in [3.8, 4) is 5.75 Å². The Hall–Kier alpha value is -4.42. The largest absolute Gasteiger partial charge is 0.508 e. The third-order valence-corrected chi connectivity index (χ3v) is 6.15. The maximum absolute atomic E-state index is 13.3. The lowest BCUT2D eigenvalue weighted by Gasteiger charge is -2.44. The van der Waals surface area contributed by atoms with Crippen LogP contribution < -0.4 is 0 Å². The van der Waals surface area contributed by atoms with Gasteiger partial charge in [-0.15, -0.1) is 0 Å². The highest BCUT2D eigenvalue weighted by atomic mass is 16.7. The number of benzene rings is 2. The van der Waals surface area contributed by atoms with E-state index in [1.54, 1.807) is 32.9 Å². The average molecular weight is 553 g/mol. The van der Waals surface area contributed by atoms with Crippen LogP contribution in [-0.2, 0) is 19.0 Å². The summed E-state index contributed by atoms with van der Waals surface area (Å²) in [6.07, 6.45) is -5.22. The average Bonchev–Trinajstić information content (AvgIpc) is 3.15. The van der Waals surface area contributed by atoms with Crippen LogP contribution in [0.5, 0.6) is 5.75 Å². The minimum Gasteiger partial charge on any atom is -0.508 e. The molecule has 2 aliphatic heterocycles. The van der Waals surface area contributed by atoms with Crippen LogP contribution in [-0.4, -0.2) is 80.8 Å². The summed E-state index contributed by atoms with van der Waals surface area (Å²) in [5, 5.41) is 34.9. The van der Waals surface area contributed by atoms with Crippen molar-refractivity contribution in [2.45, 2.75) is 57.0 Å². The lowest BCUT2D eigenvalue weighted by Crippen LogP contribution is -2.65. The molecule has 4 rings (SSSR count). The first-order valence-electron chi connectivity index (χ1n) is 12.3. The molecular weight excluding hydrogens is 524 g/mol. The molecule has 0 aromatic heterocycles. The zero-order chi connectivity index (χ0) is 29.2. The Morgan fingerprint density at radius 2 is 1.68 bits per heavy atom. The Morgan fingerprint density at radius 3 is 2.23 bits per heavy atom. The fourth-order valence-corrected chi connectivity index (χ4v) is 4.35. The van der Waals surface area contributed by atoms with Crippen LogP contribution >= 0.6 is 0 Å². The molecule has 2 aromatic rings. The smallest absolute Gasteiger partial charge is 0.374 e. The standard InChI is InChI=1S/C27H28N4O9/c1-27(2,3)40-25(37)18(12-14-8-10-15(32)11-9-14)38-26-20(22(34)21(33)19(39-26)13-29-30-28)31-23(35)16-6-4-5-7-17(16)24(31)36/h4-12,19-22,26,32-34H,13H2,1-3H3/b18-12-/t19-,20-,21+,22-,26-/m1/s1. The Morgan fingerprint density at radius 1 is 1.07 bits per heavy atom. The minimum absolute atomic E-state index is 0.0174. The van der Waals surface area contributed by atoms with E-state index in [2.05, 4.69) is 10.0 Å². The van der Waals surface area contributed by atoms with E-state index >= 15 is 0 Å². The van der Waals surface area contributed by atoms with E-state index in [4.69, 9.17) is 19.7 Å². The van der Waals surface area contributed by atoms with E-state index in [0.717, 1.165) is 4.90 Å². The van der Waals surface area contributed by atoms with Gasteiger partial charge >= 0.3 is 5.97 Å². The molecule has 40 heavy (non-hydrogen) atoms. The molecule has 13 nitrogen and oxygen atoms in total. The Labute approximate surface area is 228 Å². The number of rotatable bonds is 7. The van der Waals surface area contributed by atoms with Crippen LogP contribution in [0.15, 0.2) is 59.4 Å². The fourth-order valence-electron chi connectivity index (χ4n) is 4.35. The summed E-state index contributed by atoms with van der Waals surface area (Å²) in [6, 6.07) is 10.2. The number of nitrogens with zero attached hydrogens (tertiary/aromatic N) is 4. The summed E-state index contributed by atoms with van der Waals surface area (Å²) in [5.41, 5.74) is 8.39. The van der Waals surface area contributed by atoms with Crippen molar-refractivity contribution in [3.05, 3.63) is 81.4 Å². The molecule has 0 bridgehead atoms. The lowest BCUT2D eigenvalue weighted by molar-refractivity contribution is -0.261. The quantitative estimate of drug-likeness (QED) is 0.0880. The highest BCUT2D eigenvalue weighted by molar-refractivity contribution is 6.21. The molecule has 0 aliphatic carbocycles. The van der Waals surface area contributed by atoms with Crippen LogP contribution in [0.2, 0.25) is 0 Å². The van der Waals surface area contributed by atoms with Crippen molar-refractivity contribution in [1.29, 1.82) is 0 Å². The number of hydrogen-bond donors (Lipinski definition) is 3. The molecule has 1 saturated heterocycles. The maximum atomic E-state index is 13.3. The van der Waals surface area contributed by atoms with E-state index < -0.39 is 66.3 Å². The van der Waals surface area contributed by atoms with E-state index in [9.17, 15) is 29.7 Å². The van der Waals surface area contributed by atoms with Crippen molar-refractivity contribution >= 4 is 23.9 Å². The predicted molar refractivity (Wildman–Crippen MR) is 138 cm³/mol. The monoisotopic (exact) mass is 552 g/mol. The number of imide groups is 1. The van der Waals surface area contributed by atoms with Crippen LogP contribution in [0, 0.1) is 0 Å². The number of phenolic OH excluding ortho intramolecular Hbond substituents is 1. The summed E-state index contributed by atoms with van der Waals surface area (Å²) in [6.45, 7) is 4.49. The molecule has 0 spiro atoms. The van der Waals surface area contributed by atoms with Gasteiger partial charge in [0.25, 0.3) is 11.8 Å². The van der Waals surface area contributed by atoms with Gasteiger partial charge in [0.1, 0.15) is 29.6 Å². The number of phenols is 1. The SMILES string of the molecule is CC(C)(C)OC(=O)/C(=C/c1ccc(O)cc1)O[C@@H]1O[C@H](CN=[N+]=[N-])[C@H](O)[C@H](O)[C@H]1N1C(=O)c2ccccc2C1=O. The first-order valence-corrected chi connectivity index (χ1v) is 12.3. The molecule has 5 atom stereocenters. The second kappa shape index (κ2) is 11.4. The molecular formula is C27H28N4O9.